The molecule has 0 bridgehead atoms. The third-order valence-electron chi connectivity index (χ3n) is 5.30. The molecule has 3 rings (SSSR count). The number of unbranched alkanes of at least 4 members (excludes halogenated alkanes) is 2. The molecule has 2 aromatic rings. The van der Waals surface area contributed by atoms with Crippen molar-refractivity contribution in [3.05, 3.63) is 70.8 Å². The SMILES string of the molecule is CCCCCc1ccc(CN2C(=O)CC(C(=O)NC)=C(O)c3ccccc32)cc1. The molecule has 0 radical (unpaired) electrons. The topological polar surface area (TPSA) is 69.6 Å². The highest BCUT2D eigenvalue weighted by molar-refractivity contribution is 6.10. The maximum Gasteiger partial charge on any atom is 0.251 e. The number of fused-ring (bicyclic) bond motifs is 1. The highest BCUT2D eigenvalue weighted by Crippen LogP contribution is 2.34. The molecule has 5 nitrogen and oxygen atoms in total. The Morgan fingerprint density at radius 2 is 1.76 bits per heavy atom. The number of carbonyl (C=O) groups excluding carboxylic acids is 2. The van der Waals surface area contributed by atoms with Crippen LogP contribution < -0.4 is 10.2 Å². The Kier molecular flexibility index (Phi) is 6.70. The number of carbonyl (C=O) groups is 2. The lowest BCUT2D eigenvalue weighted by molar-refractivity contribution is -0.121. The van der Waals surface area contributed by atoms with E-state index in [-0.39, 0.29) is 23.7 Å². The number of anilines is 1. The van der Waals surface area contributed by atoms with Gasteiger partial charge in [-0.3, -0.25) is 9.59 Å². The van der Waals surface area contributed by atoms with Gasteiger partial charge in [0, 0.05) is 12.6 Å². The van der Waals surface area contributed by atoms with Gasteiger partial charge in [-0.25, -0.2) is 0 Å². The predicted molar refractivity (Wildman–Crippen MR) is 116 cm³/mol. The minimum absolute atomic E-state index is 0.0960. The molecule has 0 spiro atoms. The van der Waals surface area contributed by atoms with E-state index < -0.39 is 5.91 Å². The first kappa shape index (κ1) is 20.6. The van der Waals surface area contributed by atoms with Gasteiger partial charge in [-0.1, -0.05) is 56.2 Å². The second-order valence-electron chi connectivity index (χ2n) is 7.35. The molecule has 0 fully saturated rings. The number of aryl methyl sites for hydroxylation is 1. The maximum atomic E-state index is 13.0. The number of aliphatic hydroxyl groups is 1. The van der Waals surface area contributed by atoms with Crippen LogP contribution in [0.1, 0.15) is 49.3 Å². The van der Waals surface area contributed by atoms with Crippen molar-refractivity contribution in [3.8, 4) is 0 Å². The molecule has 2 amide bonds. The number of likely N-dealkylation sites (N-methyl/N-ethyl adjacent to an activating group) is 1. The quantitative estimate of drug-likeness (QED) is 0.688. The van der Waals surface area contributed by atoms with Crippen LogP contribution in [-0.4, -0.2) is 24.0 Å². The molecule has 0 aliphatic carbocycles. The smallest absolute Gasteiger partial charge is 0.251 e. The molecule has 152 valence electrons. The van der Waals surface area contributed by atoms with Crippen molar-refractivity contribution in [1.29, 1.82) is 0 Å². The number of para-hydroxylation sites is 1. The molecule has 1 aliphatic heterocycles. The van der Waals surface area contributed by atoms with Crippen LogP contribution in [0.15, 0.2) is 54.1 Å². The van der Waals surface area contributed by atoms with E-state index in [2.05, 4.69) is 36.5 Å². The van der Waals surface area contributed by atoms with Gasteiger partial charge in [-0.15, -0.1) is 0 Å². The molecule has 0 unspecified atom stereocenters. The number of aliphatic hydroxyl groups excluding tert-OH is 1. The van der Waals surface area contributed by atoms with Crippen molar-refractivity contribution in [3.63, 3.8) is 0 Å². The van der Waals surface area contributed by atoms with Gasteiger partial charge < -0.3 is 15.3 Å². The minimum Gasteiger partial charge on any atom is -0.507 e. The molecule has 2 aromatic carbocycles. The molecule has 29 heavy (non-hydrogen) atoms. The van der Waals surface area contributed by atoms with Gasteiger partial charge in [0.1, 0.15) is 5.76 Å². The van der Waals surface area contributed by atoms with Crippen LogP contribution in [0, 0.1) is 0 Å². The molecule has 5 heteroatoms. The molecule has 1 heterocycles. The van der Waals surface area contributed by atoms with Gasteiger partial charge >= 0.3 is 0 Å². The Hall–Kier alpha value is -3.08. The summed E-state index contributed by atoms with van der Waals surface area (Å²) < 4.78 is 0. The van der Waals surface area contributed by atoms with E-state index in [9.17, 15) is 14.7 Å². The van der Waals surface area contributed by atoms with Crippen molar-refractivity contribution in [2.75, 3.05) is 11.9 Å². The lowest BCUT2D eigenvalue weighted by Gasteiger charge is -2.23. The third-order valence-corrected chi connectivity index (χ3v) is 5.30. The Morgan fingerprint density at radius 3 is 2.45 bits per heavy atom. The fraction of sp³-hybridized carbons (Fsp3) is 0.333. The second kappa shape index (κ2) is 9.41. The first-order chi connectivity index (χ1) is 14.0. The van der Waals surface area contributed by atoms with Crippen LogP contribution in [0.2, 0.25) is 0 Å². The van der Waals surface area contributed by atoms with E-state index in [1.807, 2.05) is 6.07 Å². The molecule has 1 aliphatic rings. The molecule has 0 saturated carbocycles. The summed E-state index contributed by atoms with van der Waals surface area (Å²) in [5, 5.41) is 13.2. The summed E-state index contributed by atoms with van der Waals surface area (Å²) in [6, 6.07) is 15.5. The highest BCUT2D eigenvalue weighted by Gasteiger charge is 2.30. The lowest BCUT2D eigenvalue weighted by Crippen LogP contribution is -2.31. The molecule has 2 N–H and O–H groups in total. The van der Waals surface area contributed by atoms with Crippen LogP contribution in [0.3, 0.4) is 0 Å². The van der Waals surface area contributed by atoms with E-state index in [0.717, 1.165) is 12.0 Å². The summed E-state index contributed by atoms with van der Waals surface area (Å²) in [7, 11) is 1.49. The van der Waals surface area contributed by atoms with Crippen LogP contribution in [0.5, 0.6) is 0 Å². The summed E-state index contributed by atoms with van der Waals surface area (Å²) in [5.41, 5.74) is 3.51. The molecule has 0 aromatic heterocycles. The maximum absolute atomic E-state index is 13.0. The number of hydrogen-bond donors (Lipinski definition) is 2. The Balaban J connectivity index is 1.86. The van der Waals surface area contributed by atoms with E-state index >= 15 is 0 Å². The van der Waals surface area contributed by atoms with Crippen LogP contribution in [0.4, 0.5) is 5.69 Å². The van der Waals surface area contributed by atoms with Crippen LogP contribution in [-0.2, 0) is 22.6 Å². The summed E-state index contributed by atoms with van der Waals surface area (Å²) in [4.78, 5) is 26.8. The third kappa shape index (κ3) is 4.67. The number of benzene rings is 2. The van der Waals surface area contributed by atoms with Gasteiger partial charge in [0.25, 0.3) is 5.91 Å². The first-order valence-electron chi connectivity index (χ1n) is 10.2. The number of amides is 2. The number of hydrogen-bond acceptors (Lipinski definition) is 3. The fourth-order valence-electron chi connectivity index (χ4n) is 3.62. The van der Waals surface area contributed by atoms with Gasteiger partial charge in [0.15, 0.2) is 0 Å². The lowest BCUT2D eigenvalue weighted by atomic mass is 10.0. The summed E-state index contributed by atoms with van der Waals surface area (Å²) in [6.45, 7) is 2.58. The van der Waals surface area contributed by atoms with Crippen molar-refractivity contribution >= 4 is 23.3 Å². The number of nitrogens with zero attached hydrogens (tertiary/aromatic N) is 1. The predicted octanol–water partition coefficient (Wildman–Crippen LogP) is 4.37. The van der Waals surface area contributed by atoms with Crippen molar-refractivity contribution in [2.24, 2.45) is 0 Å². The first-order valence-corrected chi connectivity index (χ1v) is 10.2. The van der Waals surface area contributed by atoms with E-state index in [0.29, 0.717) is 17.8 Å². The van der Waals surface area contributed by atoms with Gasteiger partial charge in [0.05, 0.1) is 24.2 Å². The number of nitrogens with one attached hydrogen (secondary N) is 1. The van der Waals surface area contributed by atoms with Crippen LogP contribution >= 0.6 is 0 Å². The van der Waals surface area contributed by atoms with Crippen molar-refractivity contribution in [2.45, 2.75) is 45.6 Å². The standard InChI is InChI=1S/C24H28N2O3/c1-3-4-5-8-17-11-13-18(14-12-17)16-26-21-10-7-6-9-19(21)23(28)20(15-22(26)27)24(29)25-2/h6-7,9-14,28H,3-5,8,15-16H2,1-2H3,(H,25,29). The largest absolute Gasteiger partial charge is 0.507 e. The summed E-state index contributed by atoms with van der Waals surface area (Å²) in [5.74, 6) is -0.793. The minimum atomic E-state index is -0.441. The molecule has 0 saturated heterocycles. The van der Waals surface area contributed by atoms with Crippen molar-refractivity contribution in [1.82, 2.24) is 5.32 Å². The zero-order valence-electron chi connectivity index (χ0n) is 17.1. The number of rotatable bonds is 7. The Morgan fingerprint density at radius 1 is 1.07 bits per heavy atom. The Labute approximate surface area is 172 Å². The highest BCUT2D eigenvalue weighted by atomic mass is 16.3. The normalized spacial score (nSPS) is 13.9. The summed E-state index contributed by atoms with van der Waals surface area (Å²) in [6.07, 6.45) is 4.53. The zero-order valence-corrected chi connectivity index (χ0v) is 17.1. The Bertz CT molecular complexity index is 916. The monoisotopic (exact) mass is 392 g/mol. The average Bonchev–Trinajstić information content (AvgIpc) is 2.85. The molecular weight excluding hydrogens is 364 g/mol. The van der Waals surface area contributed by atoms with Gasteiger partial charge in [-0.05, 0) is 36.1 Å². The van der Waals surface area contributed by atoms with E-state index in [1.54, 1.807) is 23.1 Å². The second-order valence-corrected chi connectivity index (χ2v) is 7.35. The molecule has 0 atom stereocenters. The van der Waals surface area contributed by atoms with Gasteiger partial charge in [0.2, 0.25) is 5.91 Å². The molecular formula is C24H28N2O3. The van der Waals surface area contributed by atoms with Gasteiger partial charge in [-0.2, -0.15) is 0 Å². The average molecular weight is 392 g/mol. The fourth-order valence-corrected chi connectivity index (χ4v) is 3.62. The summed E-state index contributed by atoms with van der Waals surface area (Å²) >= 11 is 0. The van der Waals surface area contributed by atoms with E-state index in [4.69, 9.17) is 0 Å². The van der Waals surface area contributed by atoms with Crippen molar-refractivity contribution < 1.29 is 14.7 Å². The zero-order chi connectivity index (χ0) is 20.8. The van der Waals surface area contributed by atoms with E-state index in [1.165, 1.54) is 31.9 Å². The van der Waals surface area contributed by atoms with Crippen LogP contribution in [0.25, 0.3) is 5.76 Å².